The minimum atomic E-state index is -0.330. The molecule has 2 rings (SSSR count). The Hall–Kier alpha value is -2.44. The van der Waals surface area contributed by atoms with Crippen molar-refractivity contribution in [1.29, 1.82) is 0 Å². The molecule has 0 aromatic heterocycles. The molecule has 0 saturated carbocycles. The van der Waals surface area contributed by atoms with Crippen molar-refractivity contribution in [3.8, 4) is 0 Å². The van der Waals surface area contributed by atoms with Crippen molar-refractivity contribution < 1.29 is 9.59 Å². The summed E-state index contributed by atoms with van der Waals surface area (Å²) in [6.07, 6.45) is 0. The van der Waals surface area contributed by atoms with Crippen LogP contribution in [-0.4, -0.2) is 35.9 Å². The number of thiocarbonyl (C=S) groups is 1. The predicted molar refractivity (Wildman–Crippen MR) is 99.6 cm³/mol. The van der Waals surface area contributed by atoms with E-state index in [-0.39, 0.29) is 16.9 Å². The number of carbonyl (C=O) groups excluding carboxylic acids is 2. The number of halogens is 1. The first-order chi connectivity index (χ1) is 11.4. The maximum absolute atomic E-state index is 12.0. The summed E-state index contributed by atoms with van der Waals surface area (Å²) in [6.45, 7) is 0. The van der Waals surface area contributed by atoms with Gasteiger partial charge in [-0.3, -0.25) is 14.9 Å². The van der Waals surface area contributed by atoms with Crippen molar-refractivity contribution in [3.05, 3.63) is 64.7 Å². The molecule has 5 nitrogen and oxygen atoms in total. The van der Waals surface area contributed by atoms with Gasteiger partial charge in [-0.05, 0) is 60.7 Å². The van der Waals surface area contributed by atoms with Crippen molar-refractivity contribution in [2.24, 2.45) is 0 Å². The maximum Gasteiger partial charge on any atom is 0.257 e. The molecule has 0 spiro atoms. The lowest BCUT2D eigenvalue weighted by Gasteiger charge is -2.12. The lowest BCUT2D eigenvalue weighted by molar-refractivity contribution is 0.0827. The molecule has 0 unspecified atom stereocenters. The van der Waals surface area contributed by atoms with Crippen molar-refractivity contribution in [3.63, 3.8) is 0 Å². The smallest absolute Gasteiger partial charge is 0.257 e. The number of nitrogens with zero attached hydrogens (tertiary/aromatic N) is 1. The van der Waals surface area contributed by atoms with Crippen LogP contribution in [0.2, 0.25) is 5.02 Å². The average Bonchev–Trinajstić information content (AvgIpc) is 2.55. The monoisotopic (exact) mass is 361 g/mol. The molecule has 24 heavy (non-hydrogen) atoms. The van der Waals surface area contributed by atoms with E-state index in [1.807, 2.05) is 0 Å². The molecule has 0 aliphatic heterocycles. The molecule has 0 aliphatic rings. The Labute approximate surface area is 150 Å². The molecule has 0 aliphatic carbocycles. The average molecular weight is 362 g/mol. The number of amides is 2. The van der Waals surface area contributed by atoms with Crippen LogP contribution in [0.3, 0.4) is 0 Å². The highest BCUT2D eigenvalue weighted by Crippen LogP contribution is 2.12. The lowest BCUT2D eigenvalue weighted by atomic mass is 10.2. The minimum Gasteiger partial charge on any atom is -0.345 e. The van der Waals surface area contributed by atoms with Crippen LogP contribution in [0.5, 0.6) is 0 Å². The van der Waals surface area contributed by atoms with Gasteiger partial charge in [0.1, 0.15) is 0 Å². The lowest BCUT2D eigenvalue weighted by Crippen LogP contribution is -2.34. The highest BCUT2D eigenvalue weighted by Gasteiger charge is 2.09. The van der Waals surface area contributed by atoms with Crippen LogP contribution in [0.1, 0.15) is 20.7 Å². The van der Waals surface area contributed by atoms with Gasteiger partial charge in [0.15, 0.2) is 5.11 Å². The molecule has 2 N–H and O–H groups in total. The van der Waals surface area contributed by atoms with Gasteiger partial charge in [-0.15, -0.1) is 0 Å². The van der Waals surface area contributed by atoms with E-state index in [2.05, 4.69) is 10.6 Å². The van der Waals surface area contributed by atoms with Crippen molar-refractivity contribution in [2.75, 3.05) is 19.4 Å². The zero-order valence-electron chi connectivity index (χ0n) is 13.2. The summed E-state index contributed by atoms with van der Waals surface area (Å²) < 4.78 is 0. The largest absolute Gasteiger partial charge is 0.345 e. The van der Waals surface area contributed by atoms with Gasteiger partial charge < -0.3 is 10.2 Å². The van der Waals surface area contributed by atoms with E-state index in [0.717, 1.165) is 0 Å². The molecule has 0 heterocycles. The highest BCUT2D eigenvalue weighted by molar-refractivity contribution is 7.80. The summed E-state index contributed by atoms with van der Waals surface area (Å²) in [5, 5.41) is 6.20. The van der Waals surface area contributed by atoms with Gasteiger partial charge in [-0.1, -0.05) is 11.6 Å². The number of nitrogens with one attached hydrogen (secondary N) is 2. The van der Waals surface area contributed by atoms with Gasteiger partial charge in [0.05, 0.1) is 0 Å². The van der Waals surface area contributed by atoms with Gasteiger partial charge in [-0.2, -0.15) is 0 Å². The molecule has 2 amide bonds. The minimum absolute atomic E-state index is 0.0832. The molecule has 2 aromatic carbocycles. The third-order valence-electron chi connectivity index (χ3n) is 3.13. The molecular weight excluding hydrogens is 346 g/mol. The Balaban J connectivity index is 1.96. The zero-order chi connectivity index (χ0) is 17.7. The number of carbonyl (C=O) groups is 2. The molecule has 0 bridgehead atoms. The Bertz CT molecular complexity index is 758. The van der Waals surface area contributed by atoms with Crippen LogP contribution in [0.15, 0.2) is 48.5 Å². The first kappa shape index (κ1) is 17.9. The number of rotatable bonds is 3. The Morgan fingerprint density at radius 2 is 1.50 bits per heavy atom. The number of hydrogen-bond donors (Lipinski definition) is 2. The van der Waals surface area contributed by atoms with E-state index in [9.17, 15) is 9.59 Å². The van der Waals surface area contributed by atoms with Crippen molar-refractivity contribution in [2.45, 2.75) is 0 Å². The fourth-order valence-electron chi connectivity index (χ4n) is 1.89. The first-order valence-electron chi connectivity index (χ1n) is 7.06. The molecule has 7 heteroatoms. The van der Waals surface area contributed by atoms with Crippen LogP contribution >= 0.6 is 23.8 Å². The Morgan fingerprint density at radius 3 is 2.04 bits per heavy atom. The summed E-state index contributed by atoms with van der Waals surface area (Å²) in [6, 6.07) is 13.3. The molecule has 0 atom stereocenters. The van der Waals surface area contributed by atoms with Crippen LogP contribution < -0.4 is 10.6 Å². The summed E-state index contributed by atoms with van der Waals surface area (Å²) in [7, 11) is 3.38. The van der Waals surface area contributed by atoms with E-state index in [1.54, 1.807) is 62.6 Å². The second kappa shape index (κ2) is 7.90. The van der Waals surface area contributed by atoms with E-state index in [4.69, 9.17) is 23.8 Å². The fraction of sp³-hybridized carbons (Fsp3) is 0.118. The third kappa shape index (κ3) is 4.78. The molecule has 2 aromatic rings. The van der Waals surface area contributed by atoms with E-state index < -0.39 is 0 Å². The van der Waals surface area contributed by atoms with Crippen molar-refractivity contribution >= 4 is 46.4 Å². The summed E-state index contributed by atoms with van der Waals surface area (Å²) in [5.74, 6) is -0.413. The van der Waals surface area contributed by atoms with Gasteiger partial charge >= 0.3 is 0 Å². The number of benzene rings is 2. The van der Waals surface area contributed by atoms with Gasteiger partial charge in [0.2, 0.25) is 0 Å². The van der Waals surface area contributed by atoms with Gasteiger partial charge in [0.25, 0.3) is 11.8 Å². The normalized spacial score (nSPS) is 9.96. The SMILES string of the molecule is CN(C)C(=O)c1ccc(NC(=S)NC(=O)c2ccc(Cl)cc2)cc1. The predicted octanol–water partition coefficient (Wildman–Crippen LogP) is 3.17. The van der Waals surface area contributed by atoms with Crippen LogP contribution in [-0.2, 0) is 0 Å². The van der Waals surface area contributed by atoms with Gasteiger partial charge in [0, 0.05) is 35.9 Å². The molecule has 0 radical (unpaired) electrons. The summed E-state index contributed by atoms with van der Waals surface area (Å²) in [5.41, 5.74) is 1.70. The second-order valence-electron chi connectivity index (χ2n) is 5.19. The summed E-state index contributed by atoms with van der Waals surface area (Å²) >= 11 is 10.9. The van der Waals surface area contributed by atoms with Crippen LogP contribution in [0, 0.1) is 0 Å². The van der Waals surface area contributed by atoms with E-state index >= 15 is 0 Å². The Morgan fingerprint density at radius 1 is 0.958 bits per heavy atom. The van der Waals surface area contributed by atoms with Crippen LogP contribution in [0.4, 0.5) is 5.69 Å². The molecule has 0 fully saturated rings. The van der Waals surface area contributed by atoms with E-state index in [1.165, 1.54) is 4.90 Å². The third-order valence-corrected chi connectivity index (χ3v) is 3.59. The van der Waals surface area contributed by atoms with Crippen molar-refractivity contribution in [1.82, 2.24) is 10.2 Å². The Kier molecular flexibility index (Phi) is 5.89. The maximum atomic E-state index is 12.0. The molecular formula is C17H16ClN3O2S. The number of hydrogen-bond acceptors (Lipinski definition) is 3. The topological polar surface area (TPSA) is 61.4 Å². The fourth-order valence-corrected chi connectivity index (χ4v) is 2.23. The van der Waals surface area contributed by atoms with Crippen LogP contribution in [0.25, 0.3) is 0 Å². The number of anilines is 1. The highest BCUT2D eigenvalue weighted by atomic mass is 35.5. The molecule has 124 valence electrons. The first-order valence-corrected chi connectivity index (χ1v) is 7.85. The standard InChI is InChI=1S/C17H16ClN3O2S/c1-21(2)16(23)12-5-9-14(10-6-12)19-17(24)20-15(22)11-3-7-13(18)8-4-11/h3-10H,1-2H3,(H2,19,20,22,24). The van der Waals surface area contributed by atoms with Gasteiger partial charge in [-0.25, -0.2) is 0 Å². The summed E-state index contributed by atoms with van der Waals surface area (Å²) in [4.78, 5) is 25.4. The van der Waals surface area contributed by atoms with E-state index in [0.29, 0.717) is 21.8 Å². The zero-order valence-corrected chi connectivity index (χ0v) is 14.7. The molecule has 0 saturated heterocycles. The quantitative estimate of drug-likeness (QED) is 0.824. The second-order valence-corrected chi connectivity index (χ2v) is 6.04.